The minimum atomic E-state index is -4.94. The van der Waals surface area contributed by atoms with Crippen LogP contribution in [0, 0.1) is 11.8 Å². The Morgan fingerprint density at radius 1 is 0.325 bits per heavy atom. The highest BCUT2D eigenvalue weighted by Gasteiger charge is 2.30. The van der Waals surface area contributed by atoms with Crippen molar-refractivity contribution >= 4 is 39.5 Å². The Morgan fingerprint density at radius 2 is 0.554 bits per heavy atom. The van der Waals surface area contributed by atoms with Gasteiger partial charge in [-0.25, -0.2) is 9.13 Å². The summed E-state index contributed by atoms with van der Waals surface area (Å²) in [5.74, 6) is -0.706. The van der Waals surface area contributed by atoms with Crippen molar-refractivity contribution in [1.82, 2.24) is 0 Å². The summed E-state index contributed by atoms with van der Waals surface area (Å²) in [6.07, 6.45) is 39.2. The standard InChI is InChI=1S/C64H124O17P2/c1-7-9-11-13-15-16-17-18-21-24-28-35-41-47-62(67)75-53-59(80-63(68)48-42-36-29-25-22-19-20-23-27-32-38-44-56(3)4)54-78-82(70,71)76-50-58(65)51-77-83(72,73)79-55-60(52-74-61(66)46-40-34-26-14-12-10-8-2)81-64(69)49-43-37-31-30-33-39-45-57(5)6/h56-60,65H,7-55H2,1-6H3,(H,70,71)(H,72,73)/t58-,59-,60-/m1/s1. The fraction of sp³-hybridized carbons (Fsp3) is 0.938. The first-order chi connectivity index (χ1) is 39.9. The van der Waals surface area contributed by atoms with Crippen LogP contribution in [0.5, 0.6) is 0 Å². The quantitative estimate of drug-likeness (QED) is 0.0222. The molecule has 19 heteroatoms. The fourth-order valence-electron chi connectivity index (χ4n) is 9.53. The highest BCUT2D eigenvalue weighted by Crippen LogP contribution is 2.45. The van der Waals surface area contributed by atoms with Crippen LogP contribution in [0.15, 0.2) is 0 Å². The van der Waals surface area contributed by atoms with Crippen molar-refractivity contribution in [3.05, 3.63) is 0 Å². The van der Waals surface area contributed by atoms with E-state index in [2.05, 4.69) is 41.5 Å². The van der Waals surface area contributed by atoms with Crippen LogP contribution in [0.2, 0.25) is 0 Å². The molecule has 0 aromatic rings. The summed E-state index contributed by atoms with van der Waals surface area (Å²) in [4.78, 5) is 72.1. The van der Waals surface area contributed by atoms with Crippen molar-refractivity contribution in [2.75, 3.05) is 39.6 Å². The van der Waals surface area contributed by atoms with Gasteiger partial charge in [0.1, 0.15) is 19.3 Å². The third-order valence-corrected chi connectivity index (χ3v) is 16.6. The molecule has 0 radical (unpaired) electrons. The first kappa shape index (κ1) is 81.1. The Balaban J connectivity index is 5.21. The Kier molecular flexibility index (Phi) is 55.2. The minimum absolute atomic E-state index is 0.102. The third kappa shape index (κ3) is 58.8. The van der Waals surface area contributed by atoms with E-state index in [1.807, 2.05) is 0 Å². The van der Waals surface area contributed by atoms with Gasteiger partial charge in [0, 0.05) is 25.7 Å². The molecule has 83 heavy (non-hydrogen) atoms. The van der Waals surface area contributed by atoms with Gasteiger partial charge < -0.3 is 33.8 Å². The summed E-state index contributed by atoms with van der Waals surface area (Å²) in [6.45, 7) is 9.37. The van der Waals surface area contributed by atoms with Gasteiger partial charge in [0.15, 0.2) is 12.2 Å². The maximum absolute atomic E-state index is 13.0. The Bertz CT molecular complexity index is 1630. The summed E-state index contributed by atoms with van der Waals surface area (Å²) in [6, 6.07) is 0. The van der Waals surface area contributed by atoms with Gasteiger partial charge in [-0.15, -0.1) is 0 Å². The number of carbonyl (C=O) groups excluding carboxylic acids is 4. The molecule has 0 aliphatic carbocycles. The molecule has 0 bridgehead atoms. The molecule has 17 nitrogen and oxygen atoms in total. The molecule has 0 aromatic heterocycles. The molecule has 0 saturated carbocycles. The van der Waals surface area contributed by atoms with E-state index in [1.165, 1.54) is 122 Å². The maximum Gasteiger partial charge on any atom is 0.472 e. The zero-order chi connectivity index (χ0) is 61.5. The first-order valence-electron chi connectivity index (χ1n) is 33.5. The van der Waals surface area contributed by atoms with Crippen molar-refractivity contribution in [3.8, 4) is 0 Å². The van der Waals surface area contributed by atoms with Crippen LogP contribution in [-0.4, -0.2) is 96.7 Å². The van der Waals surface area contributed by atoms with Crippen LogP contribution in [0.3, 0.4) is 0 Å². The molecule has 0 amide bonds. The Labute approximate surface area is 505 Å². The van der Waals surface area contributed by atoms with Crippen LogP contribution >= 0.6 is 15.6 Å². The molecule has 5 atom stereocenters. The fourth-order valence-corrected chi connectivity index (χ4v) is 11.1. The van der Waals surface area contributed by atoms with E-state index in [0.29, 0.717) is 31.6 Å². The average molecular weight is 1230 g/mol. The van der Waals surface area contributed by atoms with E-state index in [0.717, 1.165) is 109 Å². The zero-order valence-corrected chi connectivity index (χ0v) is 55.3. The smallest absolute Gasteiger partial charge is 0.462 e. The lowest BCUT2D eigenvalue weighted by Crippen LogP contribution is -2.30. The molecule has 2 unspecified atom stereocenters. The Hall–Kier alpha value is -1.94. The molecule has 0 spiro atoms. The summed E-state index contributed by atoms with van der Waals surface area (Å²) in [5.41, 5.74) is 0. The highest BCUT2D eigenvalue weighted by atomic mass is 31.2. The lowest BCUT2D eigenvalue weighted by atomic mass is 10.0. The van der Waals surface area contributed by atoms with Gasteiger partial charge in [0.2, 0.25) is 0 Å². The molecule has 0 aliphatic rings. The number of aliphatic hydroxyl groups excluding tert-OH is 1. The average Bonchev–Trinajstić information content (AvgIpc) is 3.44. The van der Waals surface area contributed by atoms with Crippen molar-refractivity contribution in [3.63, 3.8) is 0 Å². The Morgan fingerprint density at radius 3 is 0.819 bits per heavy atom. The molecule has 0 saturated heterocycles. The van der Waals surface area contributed by atoms with Crippen molar-refractivity contribution in [2.45, 2.75) is 336 Å². The van der Waals surface area contributed by atoms with Gasteiger partial charge in [-0.05, 0) is 37.5 Å². The van der Waals surface area contributed by atoms with Gasteiger partial charge >= 0.3 is 39.5 Å². The molecule has 0 fully saturated rings. The van der Waals surface area contributed by atoms with E-state index >= 15 is 0 Å². The van der Waals surface area contributed by atoms with Crippen LogP contribution in [0.1, 0.15) is 318 Å². The molecular weight excluding hydrogens is 1100 g/mol. The lowest BCUT2D eigenvalue weighted by Gasteiger charge is -2.21. The highest BCUT2D eigenvalue weighted by molar-refractivity contribution is 7.47. The molecule has 0 heterocycles. The van der Waals surface area contributed by atoms with E-state index in [-0.39, 0.29) is 25.7 Å². The number of phosphoric acid groups is 2. The van der Waals surface area contributed by atoms with Gasteiger partial charge in [0.05, 0.1) is 26.4 Å². The predicted octanol–water partition coefficient (Wildman–Crippen LogP) is 17.7. The third-order valence-electron chi connectivity index (χ3n) is 14.7. The SMILES string of the molecule is CCCCCCCCCCCCCCCC(=O)OC[C@H](COP(=O)(O)OC[C@@H](O)COP(=O)(O)OC[C@@H](COC(=O)CCCCCCCCC)OC(=O)CCCCCCCCC(C)C)OC(=O)CCCCCCCCCCCCCC(C)C. The molecule has 0 aromatic carbocycles. The van der Waals surface area contributed by atoms with E-state index in [9.17, 15) is 43.2 Å². The number of hydrogen-bond donors (Lipinski definition) is 3. The number of unbranched alkanes of at least 4 members (excludes halogenated alkanes) is 33. The van der Waals surface area contributed by atoms with Gasteiger partial charge in [-0.2, -0.15) is 0 Å². The minimum Gasteiger partial charge on any atom is -0.462 e. The van der Waals surface area contributed by atoms with Crippen LogP contribution in [-0.2, 0) is 65.4 Å². The number of phosphoric ester groups is 2. The number of hydrogen-bond acceptors (Lipinski definition) is 15. The normalized spacial score (nSPS) is 14.3. The number of ether oxygens (including phenoxy) is 4. The first-order valence-corrected chi connectivity index (χ1v) is 36.5. The zero-order valence-electron chi connectivity index (χ0n) is 53.5. The van der Waals surface area contributed by atoms with E-state index in [1.54, 1.807) is 0 Å². The van der Waals surface area contributed by atoms with Crippen molar-refractivity contribution in [2.24, 2.45) is 11.8 Å². The second-order valence-corrected chi connectivity index (χ2v) is 27.0. The molecule has 0 rings (SSSR count). The summed E-state index contributed by atoms with van der Waals surface area (Å²) in [5, 5.41) is 10.5. The molecule has 0 aliphatic heterocycles. The number of aliphatic hydroxyl groups is 1. The second kappa shape index (κ2) is 56.6. The van der Waals surface area contributed by atoms with E-state index in [4.69, 9.17) is 37.0 Å². The van der Waals surface area contributed by atoms with Gasteiger partial charge in [-0.3, -0.25) is 37.3 Å². The molecule has 492 valence electrons. The topological polar surface area (TPSA) is 237 Å². The largest absolute Gasteiger partial charge is 0.472 e. The summed E-state index contributed by atoms with van der Waals surface area (Å²) < 4.78 is 67.9. The van der Waals surface area contributed by atoms with Crippen molar-refractivity contribution in [1.29, 1.82) is 0 Å². The van der Waals surface area contributed by atoms with Gasteiger partial charge in [0.25, 0.3) is 0 Å². The predicted molar refractivity (Wildman–Crippen MR) is 331 cm³/mol. The monoisotopic (exact) mass is 1230 g/mol. The van der Waals surface area contributed by atoms with E-state index < -0.39 is 97.5 Å². The number of esters is 4. The number of rotatable bonds is 63. The van der Waals surface area contributed by atoms with Crippen LogP contribution in [0.4, 0.5) is 0 Å². The van der Waals surface area contributed by atoms with Crippen LogP contribution in [0.25, 0.3) is 0 Å². The summed E-state index contributed by atoms with van der Waals surface area (Å²) >= 11 is 0. The molecule has 3 N–H and O–H groups in total. The lowest BCUT2D eigenvalue weighted by molar-refractivity contribution is -0.161. The summed E-state index contributed by atoms with van der Waals surface area (Å²) in [7, 11) is -9.88. The maximum atomic E-state index is 13.0. The molecular formula is C64H124O17P2. The second-order valence-electron chi connectivity index (χ2n) is 24.1. The number of carbonyl (C=O) groups is 4. The van der Waals surface area contributed by atoms with Crippen molar-refractivity contribution < 1.29 is 80.2 Å². The van der Waals surface area contributed by atoms with Crippen LogP contribution < -0.4 is 0 Å². The van der Waals surface area contributed by atoms with Gasteiger partial charge in [-0.1, -0.05) is 266 Å².